The number of thioether (sulfide) groups is 1. The predicted molar refractivity (Wildman–Crippen MR) is 35.5 cm³/mol. The topological polar surface area (TPSA) is 0 Å². The van der Waals surface area contributed by atoms with Gasteiger partial charge in [-0.15, -0.1) is 0 Å². The summed E-state index contributed by atoms with van der Waals surface area (Å²) in [5.74, 6) is 0. The van der Waals surface area contributed by atoms with Gasteiger partial charge in [0.05, 0.1) is 0 Å². The molecule has 0 radical (unpaired) electrons. The standard InChI is InChI=1S/C6H5F3S/c7-6(8,9)10-5-3-1-2-4-5/h1,3-4H,2H2. The van der Waals surface area contributed by atoms with Gasteiger partial charge in [0.25, 0.3) is 0 Å². The Balaban J connectivity index is 2.46. The molecule has 1 aliphatic rings. The maximum Gasteiger partial charge on any atom is 0.446 e. The van der Waals surface area contributed by atoms with E-state index in [1.807, 2.05) is 0 Å². The van der Waals surface area contributed by atoms with E-state index in [9.17, 15) is 13.2 Å². The molecule has 0 aromatic heterocycles. The largest absolute Gasteiger partial charge is 0.446 e. The second-order valence-electron chi connectivity index (χ2n) is 1.79. The van der Waals surface area contributed by atoms with Gasteiger partial charge < -0.3 is 0 Å². The van der Waals surface area contributed by atoms with Crippen molar-refractivity contribution in [1.82, 2.24) is 0 Å². The molecule has 0 heterocycles. The Morgan fingerprint density at radius 3 is 2.50 bits per heavy atom. The fourth-order valence-electron chi connectivity index (χ4n) is 0.646. The molecule has 0 N–H and O–H groups in total. The third-order valence-electron chi connectivity index (χ3n) is 0.971. The molecule has 10 heavy (non-hydrogen) atoms. The quantitative estimate of drug-likeness (QED) is 0.576. The highest BCUT2D eigenvalue weighted by atomic mass is 32.2. The molecule has 0 unspecified atom stereocenters. The van der Waals surface area contributed by atoms with Crippen molar-refractivity contribution in [2.75, 3.05) is 0 Å². The molecule has 56 valence electrons. The first-order chi connectivity index (χ1) is 4.58. The van der Waals surface area contributed by atoms with Crippen molar-refractivity contribution < 1.29 is 13.2 Å². The van der Waals surface area contributed by atoms with Crippen LogP contribution in [0.3, 0.4) is 0 Å². The van der Waals surface area contributed by atoms with Crippen LogP contribution in [0, 0.1) is 0 Å². The maximum atomic E-state index is 11.6. The molecular weight excluding hydrogens is 161 g/mol. The van der Waals surface area contributed by atoms with E-state index in [2.05, 4.69) is 0 Å². The molecule has 0 amide bonds. The number of rotatable bonds is 1. The van der Waals surface area contributed by atoms with Crippen molar-refractivity contribution in [3.8, 4) is 0 Å². The predicted octanol–water partition coefficient (Wildman–Crippen LogP) is 3.08. The van der Waals surface area contributed by atoms with E-state index in [0.29, 0.717) is 11.3 Å². The molecular formula is C6H5F3S. The SMILES string of the molecule is FC(F)(F)SC1=CCC=C1. The summed E-state index contributed by atoms with van der Waals surface area (Å²) in [6.07, 6.45) is 5.36. The van der Waals surface area contributed by atoms with Crippen LogP contribution in [0.15, 0.2) is 23.1 Å². The third-order valence-corrected chi connectivity index (χ3v) is 1.74. The molecule has 0 aromatic carbocycles. The summed E-state index contributed by atoms with van der Waals surface area (Å²) in [6.45, 7) is 0. The minimum atomic E-state index is -4.14. The highest BCUT2D eigenvalue weighted by Gasteiger charge is 2.29. The van der Waals surface area contributed by atoms with Gasteiger partial charge in [-0.1, -0.05) is 18.2 Å². The van der Waals surface area contributed by atoms with Crippen LogP contribution < -0.4 is 0 Å². The van der Waals surface area contributed by atoms with Crippen molar-refractivity contribution >= 4 is 11.8 Å². The zero-order chi connectivity index (χ0) is 7.61. The van der Waals surface area contributed by atoms with Crippen LogP contribution in [-0.4, -0.2) is 5.51 Å². The van der Waals surface area contributed by atoms with Gasteiger partial charge in [-0.25, -0.2) is 0 Å². The van der Waals surface area contributed by atoms with Crippen molar-refractivity contribution in [2.45, 2.75) is 11.9 Å². The molecule has 0 spiro atoms. The van der Waals surface area contributed by atoms with Crippen molar-refractivity contribution in [3.05, 3.63) is 23.1 Å². The Morgan fingerprint density at radius 2 is 2.10 bits per heavy atom. The first-order valence-electron chi connectivity index (χ1n) is 2.70. The summed E-state index contributed by atoms with van der Waals surface area (Å²) < 4.78 is 34.8. The molecule has 0 atom stereocenters. The average Bonchev–Trinajstić information content (AvgIpc) is 2.12. The summed E-state index contributed by atoms with van der Waals surface area (Å²) in [5.41, 5.74) is -4.14. The molecule has 0 saturated carbocycles. The normalized spacial score (nSPS) is 17.7. The van der Waals surface area contributed by atoms with Crippen LogP contribution in [0.5, 0.6) is 0 Å². The highest BCUT2D eigenvalue weighted by molar-refractivity contribution is 8.04. The van der Waals surface area contributed by atoms with E-state index in [4.69, 9.17) is 0 Å². The summed E-state index contributed by atoms with van der Waals surface area (Å²) in [7, 11) is 0. The van der Waals surface area contributed by atoms with Crippen LogP contribution in [0.25, 0.3) is 0 Å². The van der Waals surface area contributed by atoms with E-state index in [-0.39, 0.29) is 11.8 Å². The van der Waals surface area contributed by atoms with Crippen LogP contribution in [0.2, 0.25) is 0 Å². The molecule has 1 rings (SSSR count). The lowest BCUT2D eigenvalue weighted by atomic mass is 10.5. The molecule has 0 aromatic rings. The minimum Gasteiger partial charge on any atom is -0.160 e. The number of allylic oxidation sites excluding steroid dienone is 3. The number of alkyl halides is 3. The number of halogens is 3. The van der Waals surface area contributed by atoms with Gasteiger partial charge in [0.2, 0.25) is 0 Å². The lowest BCUT2D eigenvalue weighted by molar-refractivity contribution is -0.0321. The number of hydrogen-bond acceptors (Lipinski definition) is 1. The summed E-state index contributed by atoms with van der Waals surface area (Å²) in [4.78, 5) is 0.299. The van der Waals surface area contributed by atoms with Crippen LogP contribution >= 0.6 is 11.8 Å². The van der Waals surface area contributed by atoms with Crippen molar-refractivity contribution in [2.24, 2.45) is 0 Å². The zero-order valence-corrected chi connectivity index (χ0v) is 5.80. The van der Waals surface area contributed by atoms with Gasteiger partial charge >= 0.3 is 5.51 Å². The van der Waals surface area contributed by atoms with Crippen LogP contribution in [0.4, 0.5) is 13.2 Å². The Morgan fingerprint density at radius 1 is 1.40 bits per heavy atom. The van der Waals surface area contributed by atoms with Crippen molar-refractivity contribution in [3.63, 3.8) is 0 Å². The average molecular weight is 166 g/mol. The Labute approximate surface area is 60.8 Å². The van der Waals surface area contributed by atoms with Gasteiger partial charge in [-0.3, -0.25) is 0 Å². The fraction of sp³-hybridized carbons (Fsp3) is 0.333. The van der Waals surface area contributed by atoms with E-state index in [1.165, 1.54) is 6.08 Å². The Hall–Kier alpha value is -0.380. The smallest absolute Gasteiger partial charge is 0.160 e. The van der Waals surface area contributed by atoms with Gasteiger partial charge in [0.1, 0.15) is 0 Å². The first kappa shape index (κ1) is 7.72. The van der Waals surface area contributed by atoms with Crippen molar-refractivity contribution in [1.29, 1.82) is 0 Å². The zero-order valence-electron chi connectivity index (χ0n) is 4.98. The lowest BCUT2D eigenvalue weighted by Crippen LogP contribution is -1.98. The van der Waals surface area contributed by atoms with Crippen LogP contribution in [-0.2, 0) is 0 Å². The van der Waals surface area contributed by atoms with E-state index in [1.54, 1.807) is 12.2 Å². The summed E-state index contributed by atoms with van der Waals surface area (Å²) in [6, 6.07) is 0. The first-order valence-corrected chi connectivity index (χ1v) is 3.52. The molecule has 0 saturated heterocycles. The van der Waals surface area contributed by atoms with E-state index >= 15 is 0 Å². The Bertz CT molecular complexity index is 178. The maximum absolute atomic E-state index is 11.6. The second kappa shape index (κ2) is 2.70. The van der Waals surface area contributed by atoms with E-state index < -0.39 is 5.51 Å². The molecule has 0 fully saturated rings. The van der Waals surface area contributed by atoms with Gasteiger partial charge in [-0.2, -0.15) is 13.2 Å². The fourth-order valence-corrected chi connectivity index (χ4v) is 1.26. The molecule has 0 bridgehead atoms. The van der Waals surface area contributed by atoms with Crippen LogP contribution in [0.1, 0.15) is 6.42 Å². The summed E-state index contributed by atoms with van der Waals surface area (Å²) in [5, 5.41) is 0. The van der Waals surface area contributed by atoms with E-state index in [0.717, 1.165) is 0 Å². The summed E-state index contributed by atoms with van der Waals surface area (Å²) >= 11 is -0.0613. The van der Waals surface area contributed by atoms with Gasteiger partial charge in [0.15, 0.2) is 0 Å². The molecule has 0 aliphatic heterocycles. The Kier molecular flexibility index (Phi) is 2.08. The van der Waals surface area contributed by atoms with Gasteiger partial charge in [-0.05, 0) is 18.2 Å². The minimum absolute atomic E-state index is 0.0613. The molecule has 4 heteroatoms. The third kappa shape index (κ3) is 2.47. The van der Waals surface area contributed by atoms with Gasteiger partial charge in [0, 0.05) is 4.91 Å². The number of hydrogen-bond donors (Lipinski definition) is 0. The monoisotopic (exact) mass is 166 g/mol. The lowest BCUT2D eigenvalue weighted by Gasteiger charge is -2.02. The highest BCUT2D eigenvalue weighted by Crippen LogP contribution is 2.38. The molecule has 0 nitrogen and oxygen atoms in total. The molecule has 1 aliphatic carbocycles. The second-order valence-corrected chi connectivity index (χ2v) is 2.93.